The summed E-state index contributed by atoms with van der Waals surface area (Å²) < 4.78 is 8.05. The lowest BCUT2D eigenvalue weighted by molar-refractivity contribution is 0.146. The molecule has 102 valence electrons. The van der Waals surface area contributed by atoms with Crippen LogP contribution >= 0.6 is 0 Å². The van der Waals surface area contributed by atoms with Gasteiger partial charge in [-0.3, -0.25) is 4.68 Å². The van der Waals surface area contributed by atoms with Gasteiger partial charge in [-0.2, -0.15) is 5.10 Å². The number of nitrogens with zero attached hydrogens (tertiary/aromatic N) is 2. The second kappa shape index (κ2) is 4.85. The third-order valence-corrected chi connectivity index (χ3v) is 4.16. The van der Waals surface area contributed by atoms with E-state index in [-0.39, 0.29) is 0 Å². The van der Waals surface area contributed by atoms with Crippen molar-refractivity contribution in [3.05, 3.63) is 23.9 Å². The highest BCUT2D eigenvalue weighted by Crippen LogP contribution is 2.30. The average Bonchev–Trinajstić information content (AvgIpc) is 2.78. The number of fused-ring (bicyclic) bond motifs is 1. The first-order valence-corrected chi connectivity index (χ1v) is 6.98. The summed E-state index contributed by atoms with van der Waals surface area (Å²) in [5.74, 6) is 0.987. The first-order chi connectivity index (χ1) is 9.15. The molecular weight excluding hydrogens is 238 g/mol. The molecule has 1 fully saturated rings. The van der Waals surface area contributed by atoms with Gasteiger partial charge in [-0.1, -0.05) is 0 Å². The van der Waals surface area contributed by atoms with Crippen molar-refractivity contribution < 1.29 is 4.74 Å². The Morgan fingerprint density at radius 2 is 2.00 bits per heavy atom. The average molecular weight is 259 g/mol. The van der Waals surface area contributed by atoms with E-state index in [1.165, 1.54) is 10.9 Å². The Labute approximate surface area is 113 Å². The maximum atomic E-state index is 6.16. The lowest BCUT2D eigenvalue weighted by atomic mass is 9.93. The number of aromatic nitrogens is 2. The second-order valence-electron chi connectivity index (χ2n) is 5.54. The molecule has 1 aromatic heterocycles. The smallest absolute Gasteiger partial charge is 0.123 e. The summed E-state index contributed by atoms with van der Waals surface area (Å²) in [6.07, 6.45) is 6.48. The van der Waals surface area contributed by atoms with Crippen LogP contribution in [-0.2, 0) is 7.05 Å². The third kappa shape index (κ3) is 2.32. The predicted molar refractivity (Wildman–Crippen MR) is 76.3 cm³/mol. The van der Waals surface area contributed by atoms with Gasteiger partial charge in [0.15, 0.2) is 0 Å². The molecule has 0 bridgehead atoms. The van der Waals surface area contributed by atoms with Crippen LogP contribution in [0.15, 0.2) is 18.3 Å². The maximum absolute atomic E-state index is 6.16. The van der Waals surface area contributed by atoms with Gasteiger partial charge in [0.1, 0.15) is 5.75 Å². The number of ether oxygens (including phenoxy) is 1. The van der Waals surface area contributed by atoms with Crippen molar-refractivity contribution in [2.45, 2.75) is 44.8 Å². The molecule has 1 saturated carbocycles. The van der Waals surface area contributed by atoms with Crippen LogP contribution in [0.2, 0.25) is 0 Å². The highest BCUT2D eigenvalue weighted by molar-refractivity contribution is 5.84. The Kier molecular flexibility index (Phi) is 3.19. The number of rotatable bonds is 2. The van der Waals surface area contributed by atoms with E-state index in [1.807, 2.05) is 17.9 Å². The Morgan fingerprint density at radius 3 is 2.74 bits per heavy atom. The molecule has 0 unspecified atom stereocenters. The van der Waals surface area contributed by atoms with Crippen LogP contribution in [-0.4, -0.2) is 21.9 Å². The molecule has 19 heavy (non-hydrogen) atoms. The Morgan fingerprint density at radius 1 is 1.26 bits per heavy atom. The fourth-order valence-corrected chi connectivity index (χ4v) is 2.86. The molecule has 0 radical (unpaired) electrons. The summed E-state index contributed by atoms with van der Waals surface area (Å²) in [5.41, 5.74) is 8.26. The van der Waals surface area contributed by atoms with Crippen molar-refractivity contribution in [1.82, 2.24) is 9.78 Å². The minimum atomic E-state index is 0.313. The van der Waals surface area contributed by atoms with Crippen LogP contribution in [0.1, 0.15) is 31.2 Å². The van der Waals surface area contributed by atoms with E-state index in [2.05, 4.69) is 24.2 Å². The van der Waals surface area contributed by atoms with Crippen molar-refractivity contribution in [2.75, 3.05) is 0 Å². The zero-order valence-electron chi connectivity index (χ0n) is 11.6. The molecule has 1 aliphatic rings. The van der Waals surface area contributed by atoms with Crippen LogP contribution in [0, 0.1) is 6.92 Å². The highest BCUT2D eigenvalue weighted by Gasteiger charge is 2.20. The van der Waals surface area contributed by atoms with E-state index >= 15 is 0 Å². The molecule has 3 rings (SSSR count). The van der Waals surface area contributed by atoms with E-state index in [4.69, 9.17) is 10.5 Å². The minimum absolute atomic E-state index is 0.313. The van der Waals surface area contributed by atoms with Gasteiger partial charge in [-0.25, -0.2) is 0 Å². The van der Waals surface area contributed by atoms with Crippen molar-refractivity contribution in [2.24, 2.45) is 12.8 Å². The SMILES string of the molecule is Cc1c(OC2CCC(N)CC2)ccc2c1cnn2C. The molecule has 0 amide bonds. The monoisotopic (exact) mass is 259 g/mol. The maximum Gasteiger partial charge on any atom is 0.123 e. The standard InChI is InChI=1S/C15H21N3O/c1-10-13-9-17-18(2)14(13)7-8-15(10)19-12-5-3-11(16)4-6-12/h7-9,11-12H,3-6,16H2,1-2H3. The number of hydrogen-bond donors (Lipinski definition) is 1. The predicted octanol–water partition coefficient (Wildman–Crippen LogP) is 2.53. The quantitative estimate of drug-likeness (QED) is 0.901. The molecule has 4 nitrogen and oxygen atoms in total. The first-order valence-electron chi connectivity index (χ1n) is 6.98. The number of hydrogen-bond acceptors (Lipinski definition) is 3. The summed E-state index contributed by atoms with van der Waals surface area (Å²) in [6, 6.07) is 4.51. The van der Waals surface area contributed by atoms with Crippen molar-refractivity contribution in [1.29, 1.82) is 0 Å². The van der Waals surface area contributed by atoms with Crippen LogP contribution < -0.4 is 10.5 Å². The Bertz CT molecular complexity index is 582. The molecule has 0 saturated heterocycles. The van der Waals surface area contributed by atoms with Gasteiger partial charge in [0, 0.05) is 24.0 Å². The lowest BCUT2D eigenvalue weighted by Gasteiger charge is -2.27. The van der Waals surface area contributed by atoms with Gasteiger partial charge in [-0.05, 0) is 44.7 Å². The zero-order valence-corrected chi connectivity index (χ0v) is 11.6. The molecule has 4 heteroatoms. The summed E-state index contributed by atoms with van der Waals surface area (Å²) in [5, 5.41) is 5.47. The summed E-state index contributed by atoms with van der Waals surface area (Å²) in [6.45, 7) is 2.11. The second-order valence-corrected chi connectivity index (χ2v) is 5.54. The van der Waals surface area contributed by atoms with E-state index in [9.17, 15) is 0 Å². The van der Waals surface area contributed by atoms with Gasteiger partial charge in [0.2, 0.25) is 0 Å². The molecule has 1 aromatic carbocycles. The normalized spacial score (nSPS) is 23.7. The Hall–Kier alpha value is -1.55. The van der Waals surface area contributed by atoms with E-state index in [0.29, 0.717) is 12.1 Å². The van der Waals surface area contributed by atoms with E-state index in [0.717, 1.165) is 36.9 Å². The molecule has 2 aromatic rings. The molecule has 1 heterocycles. The minimum Gasteiger partial charge on any atom is -0.490 e. The lowest BCUT2D eigenvalue weighted by Crippen LogP contribution is -2.31. The van der Waals surface area contributed by atoms with Gasteiger partial charge < -0.3 is 10.5 Å². The van der Waals surface area contributed by atoms with Gasteiger partial charge in [-0.15, -0.1) is 0 Å². The van der Waals surface area contributed by atoms with Crippen LogP contribution in [0.3, 0.4) is 0 Å². The topological polar surface area (TPSA) is 53.1 Å². The van der Waals surface area contributed by atoms with Gasteiger partial charge in [0.25, 0.3) is 0 Å². The third-order valence-electron chi connectivity index (χ3n) is 4.16. The molecule has 2 N–H and O–H groups in total. The summed E-state index contributed by atoms with van der Waals surface area (Å²) in [7, 11) is 1.96. The van der Waals surface area contributed by atoms with Gasteiger partial charge >= 0.3 is 0 Å². The number of nitrogens with two attached hydrogens (primary N) is 1. The molecule has 0 aliphatic heterocycles. The van der Waals surface area contributed by atoms with Crippen molar-refractivity contribution in [3.8, 4) is 5.75 Å². The zero-order chi connectivity index (χ0) is 13.4. The van der Waals surface area contributed by atoms with Crippen LogP contribution in [0.25, 0.3) is 10.9 Å². The fourth-order valence-electron chi connectivity index (χ4n) is 2.86. The van der Waals surface area contributed by atoms with Gasteiger partial charge in [0.05, 0.1) is 17.8 Å². The van der Waals surface area contributed by atoms with Crippen LogP contribution in [0.5, 0.6) is 5.75 Å². The number of aryl methyl sites for hydroxylation is 2. The summed E-state index contributed by atoms with van der Waals surface area (Å²) >= 11 is 0. The van der Waals surface area contributed by atoms with Crippen LogP contribution in [0.4, 0.5) is 0 Å². The Balaban J connectivity index is 1.83. The van der Waals surface area contributed by atoms with Crippen molar-refractivity contribution in [3.63, 3.8) is 0 Å². The first kappa shape index (κ1) is 12.5. The highest BCUT2D eigenvalue weighted by atomic mass is 16.5. The van der Waals surface area contributed by atoms with Crippen molar-refractivity contribution >= 4 is 10.9 Å². The summed E-state index contributed by atoms with van der Waals surface area (Å²) in [4.78, 5) is 0. The fraction of sp³-hybridized carbons (Fsp3) is 0.533. The molecule has 1 aliphatic carbocycles. The van der Waals surface area contributed by atoms with E-state index < -0.39 is 0 Å². The molecule has 0 spiro atoms. The largest absolute Gasteiger partial charge is 0.490 e. The molecule has 0 atom stereocenters. The van der Waals surface area contributed by atoms with E-state index in [1.54, 1.807) is 0 Å². The molecular formula is C15H21N3O. The number of benzene rings is 1.